The van der Waals surface area contributed by atoms with E-state index in [0.717, 1.165) is 12.2 Å². The number of rotatable bonds is 6. The first-order valence-electron chi connectivity index (χ1n) is 4.82. The minimum atomic E-state index is -1.35. The van der Waals surface area contributed by atoms with Crippen LogP contribution in [0.25, 0.3) is 0 Å². The molecular formula is C10H20O3S. The second-order valence-electron chi connectivity index (χ2n) is 3.79. The van der Waals surface area contributed by atoms with Gasteiger partial charge in [0.2, 0.25) is 0 Å². The van der Waals surface area contributed by atoms with E-state index in [1.807, 2.05) is 0 Å². The molecule has 0 saturated carbocycles. The van der Waals surface area contributed by atoms with Crippen molar-refractivity contribution in [2.45, 2.75) is 32.8 Å². The van der Waals surface area contributed by atoms with E-state index in [9.17, 15) is 9.90 Å². The summed E-state index contributed by atoms with van der Waals surface area (Å²) in [6, 6.07) is 0. The molecule has 1 N–H and O–H groups in total. The van der Waals surface area contributed by atoms with Gasteiger partial charge in [-0.15, -0.1) is 0 Å². The number of hydrogen-bond acceptors (Lipinski definition) is 4. The summed E-state index contributed by atoms with van der Waals surface area (Å²) < 4.78 is 4.50. The Morgan fingerprint density at radius 3 is 2.64 bits per heavy atom. The van der Waals surface area contributed by atoms with Crippen molar-refractivity contribution in [1.82, 2.24) is 0 Å². The van der Waals surface area contributed by atoms with Gasteiger partial charge in [-0.05, 0) is 18.6 Å². The Balaban J connectivity index is 3.82. The molecular weight excluding hydrogens is 200 g/mol. The first-order valence-corrected chi connectivity index (χ1v) is 5.98. The standard InChI is InChI=1S/C10H20O3S/c1-5-8(2)6-14-7-10(3,12)9(11)13-4/h8,12H,5-7H2,1-4H3. The van der Waals surface area contributed by atoms with Crippen LogP contribution in [-0.4, -0.2) is 35.3 Å². The van der Waals surface area contributed by atoms with E-state index in [-0.39, 0.29) is 0 Å². The highest BCUT2D eigenvalue weighted by atomic mass is 32.2. The first-order chi connectivity index (χ1) is 6.44. The van der Waals surface area contributed by atoms with Crippen molar-refractivity contribution in [2.75, 3.05) is 18.6 Å². The fourth-order valence-electron chi connectivity index (χ4n) is 0.855. The largest absolute Gasteiger partial charge is 0.467 e. The van der Waals surface area contributed by atoms with E-state index in [1.54, 1.807) is 11.8 Å². The molecule has 0 radical (unpaired) electrons. The molecule has 84 valence electrons. The monoisotopic (exact) mass is 220 g/mol. The molecule has 0 amide bonds. The van der Waals surface area contributed by atoms with E-state index in [0.29, 0.717) is 11.7 Å². The number of ether oxygens (including phenoxy) is 1. The predicted molar refractivity (Wildman–Crippen MR) is 59.4 cm³/mol. The van der Waals surface area contributed by atoms with Crippen LogP contribution in [0.3, 0.4) is 0 Å². The molecule has 0 bridgehead atoms. The molecule has 2 unspecified atom stereocenters. The van der Waals surface area contributed by atoms with Gasteiger partial charge in [-0.3, -0.25) is 0 Å². The molecule has 0 aliphatic carbocycles. The fourth-order valence-corrected chi connectivity index (χ4v) is 2.13. The number of thioether (sulfide) groups is 1. The molecule has 0 spiro atoms. The van der Waals surface area contributed by atoms with E-state index in [1.165, 1.54) is 14.0 Å². The highest BCUT2D eigenvalue weighted by molar-refractivity contribution is 7.99. The lowest BCUT2D eigenvalue weighted by Gasteiger charge is -2.20. The Labute approximate surface area is 90.2 Å². The second kappa shape index (κ2) is 6.30. The van der Waals surface area contributed by atoms with Gasteiger partial charge in [0.25, 0.3) is 0 Å². The predicted octanol–water partition coefficient (Wildman–Crippen LogP) is 1.69. The third-order valence-corrected chi connectivity index (χ3v) is 3.68. The number of carbonyl (C=O) groups excluding carboxylic acids is 1. The molecule has 0 aromatic heterocycles. The highest BCUT2D eigenvalue weighted by Crippen LogP contribution is 2.18. The van der Waals surface area contributed by atoms with E-state index < -0.39 is 11.6 Å². The zero-order valence-corrected chi connectivity index (χ0v) is 10.2. The molecule has 4 heteroatoms. The molecule has 3 nitrogen and oxygen atoms in total. The van der Waals surface area contributed by atoms with Crippen molar-refractivity contribution in [2.24, 2.45) is 5.92 Å². The Morgan fingerprint density at radius 1 is 1.64 bits per heavy atom. The van der Waals surface area contributed by atoms with Crippen molar-refractivity contribution in [3.8, 4) is 0 Å². The Kier molecular flexibility index (Phi) is 6.20. The van der Waals surface area contributed by atoms with E-state index in [4.69, 9.17) is 0 Å². The van der Waals surface area contributed by atoms with Gasteiger partial charge in [0.05, 0.1) is 7.11 Å². The highest BCUT2D eigenvalue weighted by Gasteiger charge is 2.31. The minimum Gasteiger partial charge on any atom is -0.467 e. The summed E-state index contributed by atoms with van der Waals surface area (Å²) in [5.41, 5.74) is -1.35. The summed E-state index contributed by atoms with van der Waals surface area (Å²) in [5.74, 6) is 1.41. The summed E-state index contributed by atoms with van der Waals surface area (Å²) in [4.78, 5) is 11.1. The van der Waals surface area contributed by atoms with E-state index in [2.05, 4.69) is 18.6 Å². The van der Waals surface area contributed by atoms with Crippen LogP contribution >= 0.6 is 11.8 Å². The van der Waals surface area contributed by atoms with Crippen molar-refractivity contribution in [3.63, 3.8) is 0 Å². The lowest BCUT2D eigenvalue weighted by molar-refractivity contribution is -0.158. The van der Waals surface area contributed by atoms with Crippen LogP contribution < -0.4 is 0 Å². The van der Waals surface area contributed by atoms with Crippen LogP contribution in [0.5, 0.6) is 0 Å². The molecule has 0 heterocycles. The van der Waals surface area contributed by atoms with Crippen LogP contribution in [0.4, 0.5) is 0 Å². The van der Waals surface area contributed by atoms with Gasteiger partial charge in [-0.25, -0.2) is 4.79 Å². The van der Waals surface area contributed by atoms with Crippen LogP contribution in [-0.2, 0) is 9.53 Å². The van der Waals surface area contributed by atoms with Gasteiger partial charge in [0.15, 0.2) is 5.60 Å². The van der Waals surface area contributed by atoms with Crippen LogP contribution in [0, 0.1) is 5.92 Å². The van der Waals surface area contributed by atoms with Crippen molar-refractivity contribution in [3.05, 3.63) is 0 Å². The maximum Gasteiger partial charge on any atom is 0.338 e. The molecule has 0 aliphatic rings. The normalized spacial score (nSPS) is 17.2. The van der Waals surface area contributed by atoms with Crippen molar-refractivity contribution >= 4 is 17.7 Å². The van der Waals surface area contributed by atoms with E-state index >= 15 is 0 Å². The second-order valence-corrected chi connectivity index (χ2v) is 4.82. The lowest BCUT2D eigenvalue weighted by atomic mass is 10.1. The van der Waals surface area contributed by atoms with Crippen LogP contribution in [0.1, 0.15) is 27.2 Å². The fraction of sp³-hybridized carbons (Fsp3) is 0.900. The van der Waals surface area contributed by atoms with Gasteiger partial charge in [-0.1, -0.05) is 20.3 Å². The quantitative estimate of drug-likeness (QED) is 0.692. The molecule has 0 aromatic rings. The first kappa shape index (κ1) is 13.8. The topological polar surface area (TPSA) is 46.5 Å². The Morgan fingerprint density at radius 2 is 2.21 bits per heavy atom. The third kappa shape index (κ3) is 4.86. The summed E-state index contributed by atoms with van der Waals surface area (Å²) in [7, 11) is 1.29. The number of hydrogen-bond donors (Lipinski definition) is 1. The number of carbonyl (C=O) groups is 1. The number of esters is 1. The summed E-state index contributed by atoms with van der Waals surface area (Å²) in [6.45, 7) is 5.77. The van der Waals surface area contributed by atoms with Gasteiger partial charge >= 0.3 is 5.97 Å². The van der Waals surface area contributed by atoms with Crippen LogP contribution in [0.2, 0.25) is 0 Å². The third-order valence-electron chi connectivity index (χ3n) is 2.11. The van der Waals surface area contributed by atoms with Crippen molar-refractivity contribution in [1.29, 1.82) is 0 Å². The summed E-state index contributed by atoms with van der Waals surface area (Å²) in [6.07, 6.45) is 1.12. The molecule has 0 aromatic carbocycles. The van der Waals surface area contributed by atoms with Gasteiger partial charge in [0.1, 0.15) is 0 Å². The van der Waals surface area contributed by atoms with Crippen molar-refractivity contribution < 1.29 is 14.6 Å². The molecule has 0 saturated heterocycles. The molecule has 2 atom stereocenters. The average molecular weight is 220 g/mol. The number of methoxy groups -OCH3 is 1. The smallest absolute Gasteiger partial charge is 0.338 e. The number of aliphatic hydroxyl groups is 1. The van der Waals surface area contributed by atoms with Gasteiger partial charge < -0.3 is 9.84 Å². The molecule has 0 aliphatic heterocycles. The molecule has 0 fully saturated rings. The maximum absolute atomic E-state index is 11.1. The maximum atomic E-state index is 11.1. The molecule has 0 rings (SSSR count). The minimum absolute atomic E-state index is 0.393. The van der Waals surface area contributed by atoms with Gasteiger partial charge in [0, 0.05) is 5.75 Å². The SMILES string of the molecule is CCC(C)CSCC(C)(O)C(=O)OC. The van der Waals surface area contributed by atoms with Crippen LogP contribution in [0.15, 0.2) is 0 Å². The summed E-state index contributed by atoms with van der Waals surface area (Å²) in [5, 5.41) is 9.67. The summed E-state index contributed by atoms with van der Waals surface area (Å²) >= 11 is 1.59. The Hall–Kier alpha value is -0.220. The lowest BCUT2D eigenvalue weighted by Crippen LogP contribution is -2.39. The average Bonchev–Trinajstić information content (AvgIpc) is 2.15. The zero-order valence-electron chi connectivity index (χ0n) is 9.37. The zero-order chi connectivity index (χ0) is 11.2. The van der Waals surface area contributed by atoms with Gasteiger partial charge in [-0.2, -0.15) is 11.8 Å². The Bertz CT molecular complexity index is 180. The molecule has 14 heavy (non-hydrogen) atoms.